The lowest BCUT2D eigenvalue weighted by Gasteiger charge is -2.07. The van der Waals surface area contributed by atoms with E-state index in [-0.39, 0.29) is 0 Å². The van der Waals surface area contributed by atoms with Gasteiger partial charge in [-0.25, -0.2) is 4.98 Å². The zero-order valence-corrected chi connectivity index (χ0v) is 16.0. The minimum atomic E-state index is 0.914. The van der Waals surface area contributed by atoms with Gasteiger partial charge in [-0.3, -0.25) is 4.57 Å². The second-order valence-electron chi connectivity index (χ2n) is 7.70. The number of hydrogen-bond donors (Lipinski definition) is 0. The Bertz CT molecular complexity index is 1740. The summed E-state index contributed by atoms with van der Waals surface area (Å²) in [5.74, 6) is 0.917. The molecule has 0 saturated heterocycles. The molecule has 0 bridgehead atoms. The first-order valence-electron chi connectivity index (χ1n) is 10.1. The van der Waals surface area contributed by atoms with Crippen LogP contribution in [0.1, 0.15) is 0 Å². The quantitative estimate of drug-likeness (QED) is 0.299. The van der Waals surface area contributed by atoms with E-state index in [1.54, 1.807) is 0 Å². The molecule has 0 unspecified atom stereocenters. The minimum absolute atomic E-state index is 0.914. The van der Waals surface area contributed by atoms with Gasteiger partial charge in [0, 0.05) is 27.7 Å². The molecule has 0 aliphatic rings. The van der Waals surface area contributed by atoms with E-state index in [0.29, 0.717) is 0 Å². The predicted molar refractivity (Wildman–Crippen MR) is 123 cm³/mol. The summed E-state index contributed by atoms with van der Waals surface area (Å²) < 4.78 is 8.45. The Morgan fingerprint density at radius 3 is 2.17 bits per heavy atom. The number of pyridine rings is 1. The molecule has 3 nitrogen and oxygen atoms in total. The number of rotatable bonds is 1. The molecule has 3 heterocycles. The SMILES string of the molecule is c1ccc(-n2c3cc4ccccc4cc3c3cc4oc5ccccc5c4cc32)nc1. The molecule has 30 heavy (non-hydrogen) atoms. The van der Waals surface area contributed by atoms with E-state index in [0.717, 1.165) is 38.8 Å². The fourth-order valence-corrected chi connectivity index (χ4v) is 4.65. The molecule has 0 amide bonds. The van der Waals surface area contributed by atoms with Gasteiger partial charge in [0.15, 0.2) is 0 Å². The minimum Gasteiger partial charge on any atom is -0.456 e. The molecule has 3 heteroatoms. The zero-order chi connectivity index (χ0) is 19.7. The molecule has 4 aromatic carbocycles. The van der Waals surface area contributed by atoms with Crippen LogP contribution < -0.4 is 0 Å². The van der Waals surface area contributed by atoms with Crippen molar-refractivity contribution < 1.29 is 4.42 Å². The number of nitrogens with zero attached hydrogens (tertiary/aromatic N) is 2. The second kappa shape index (κ2) is 5.71. The highest BCUT2D eigenvalue weighted by molar-refractivity contribution is 6.19. The molecular weight excluding hydrogens is 368 g/mol. The Hall–Kier alpha value is -4.11. The van der Waals surface area contributed by atoms with Crippen molar-refractivity contribution in [1.82, 2.24) is 9.55 Å². The van der Waals surface area contributed by atoms with Crippen LogP contribution in [0, 0.1) is 0 Å². The van der Waals surface area contributed by atoms with Gasteiger partial charge in [-0.05, 0) is 53.2 Å². The van der Waals surface area contributed by atoms with E-state index in [4.69, 9.17) is 4.42 Å². The van der Waals surface area contributed by atoms with Crippen LogP contribution in [0.25, 0.3) is 60.3 Å². The average Bonchev–Trinajstić information content (AvgIpc) is 3.31. The largest absolute Gasteiger partial charge is 0.456 e. The third kappa shape index (κ3) is 2.06. The molecular formula is C27H16N2O. The normalized spacial score (nSPS) is 12.0. The molecule has 0 aliphatic carbocycles. The number of hydrogen-bond acceptors (Lipinski definition) is 2. The summed E-state index contributed by atoms with van der Waals surface area (Å²) in [4.78, 5) is 4.67. The first-order valence-corrected chi connectivity index (χ1v) is 10.1. The summed E-state index contributed by atoms with van der Waals surface area (Å²) in [5.41, 5.74) is 4.12. The highest BCUT2D eigenvalue weighted by atomic mass is 16.3. The molecule has 0 radical (unpaired) electrons. The molecule has 7 aromatic rings. The maximum Gasteiger partial charge on any atom is 0.137 e. The third-order valence-corrected chi connectivity index (χ3v) is 6.01. The number of benzene rings is 4. The molecule has 0 atom stereocenters. The summed E-state index contributed by atoms with van der Waals surface area (Å²) in [6, 6.07) is 31.7. The van der Waals surface area contributed by atoms with Crippen LogP contribution in [-0.4, -0.2) is 9.55 Å². The Labute approximate surface area is 171 Å². The van der Waals surface area contributed by atoms with E-state index < -0.39 is 0 Å². The first-order chi connectivity index (χ1) is 14.9. The van der Waals surface area contributed by atoms with Gasteiger partial charge < -0.3 is 4.42 Å². The summed E-state index contributed by atoms with van der Waals surface area (Å²) in [7, 11) is 0. The van der Waals surface area contributed by atoms with Crippen molar-refractivity contribution in [3.05, 3.63) is 97.2 Å². The molecule has 0 N–H and O–H groups in total. The van der Waals surface area contributed by atoms with Crippen molar-refractivity contribution in [2.75, 3.05) is 0 Å². The lowest BCUT2D eigenvalue weighted by atomic mass is 10.1. The smallest absolute Gasteiger partial charge is 0.137 e. The maximum atomic E-state index is 6.19. The van der Waals surface area contributed by atoms with Crippen LogP contribution in [0.2, 0.25) is 0 Å². The lowest BCUT2D eigenvalue weighted by Crippen LogP contribution is -1.96. The lowest BCUT2D eigenvalue weighted by molar-refractivity contribution is 0.669. The van der Waals surface area contributed by atoms with Gasteiger partial charge >= 0.3 is 0 Å². The van der Waals surface area contributed by atoms with Crippen molar-refractivity contribution in [3.63, 3.8) is 0 Å². The van der Waals surface area contributed by atoms with E-state index in [2.05, 4.69) is 76.3 Å². The summed E-state index contributed by atoms with van der Waals surface area (Å²) in [5, 5.41) is 7.10. The number of fused-ring (bicyclic) bond motifs is 7. The Morgan fingerprint density at radius 2 is 1.30 bits per heavy atom. The first kappa shape index (κ1) is 15.8. The van der Waals surface area contributed by atoms with E-state index in [1.807, 2.05) is 30.5 Å². The van der Waals surface area contributed by atoms with Crippen LogP contribution in [0.3, 0.4) is 0 Å². The number of para-hydroxylation sites is 1. The van der Waals surface area contributed by atoms with Gasteiger partial charge in [0.05, 0.1) is 11.0 Å². The van der Waals surface area contributed by atoms with Gasteiger partial charge in [0.25, 0.3) is 0 Å². The van der Waals surface area contributed by atoms with Gasteiger partial charge in [-0.2, -0.15) is 0 Å². The topological polar surface area (TPSA) is 31.0 Å². The van der Waals surface area contributed by atoms with Gasteiger partial charge in [0.1, 0.15) is 17.0 Å². The number of aromatic nitrogens is 2. The Balaban J connectivity index is 1.73. The highest BCUT2D eigenvalue weighted by Crippen LogP contribution is 2.39. The molecule has 7 rings (SSSR count). The molecule has 0 spiro atoms. The van der Waals surface area contributed by atoms with Crippen molar-refractivity contribution in [2.45, 2.75) is 0 Å². The van der Waals surface area contributed by atoms with Crippen molar-refractivity contribution in [2.24, 2.45) is 0 Å². The van der Waals surface area contributed by atoms with Gasteiger partial charge in [-0.1, -0.05) is 48.5 Å². The molecule has 0 saturated carbocycles. The maximum absolute atomic E-state index is 6.19. The monoisotopic (exact) mass is 384 g/mol. The fraction of sp³-hybridized carbons (Fsp3) is 0. The van der Waals surface area contributed by atoms with Crippen LogP contribution in [-0.2, 0) is 0 Å². The van der Waals surface area contributed by atoms with E-state index >= 15 is 0 Å². The fourth-order valence-electron chi connectivity index (χ4n) is 4.65. The van der Waals surface area contributed by atoms with Gasteiger partial charge in [0.2, 0.25) is 0 Å². The molecule has 140 valence electrons. The van der Waals surface area contributed by atoms with E-state index in [9.17, 15) is 0 Å². The summed E-state index contributed by atoms with van der Waals surface area (Å²) in [6.07, 6.45) is 1.85. The molecule has 0 aliphatic heterocycles. The second-order valence-corrected chi connectivity index (χ2v) is 7.70. The van der Waals surface area contributed by atoms with Crippen molar-refractivity contribution >= 4 is 54.5 Å². The van der Waals surface area contributed by atoms with Crippen LogP contribution >= 0.6 is 0 Å². The Kier molecular flexibility index (Phi) is 3.00. The number of furan rings is 1. The molecule has 3 aromatic heterocycles. The Morgan fingerprint density at radius 1 is 0.567 bits per heavy atom. The van der Waals surface area contributed by atoms with Crippen molar-refractivity contribution in [3.8, 4) is 5.82 Å². The van der Waals surface area contributed by atoms with Gasteiger partial charge in [-0.15, -0.1) is 0 Å². The van der Waals surface area contributed by atoms with Crippen LogP contribution in [0.15, 0.2) is 102 Å². The third-order valence-electron chi connectivity index (χ3n) is 6.01. The van der Waals surface area contributed by atoms with Crippen molar-refractivity contribution in [1.29, 1.82) is 0 Å². The van der Waals surface area contributed by atoms with E-state index in [1.165, 1.54) is 21.5 Å². The summed E-state index contributed by atoms with van der Waals surface area (Å²) >= 11 is 0. The average molecular weight is 384 g/mol. The summed E-state index contributed by atoms with van der Waals surface area (Å²) in [6.45, 7) is 0. The zero-order valence-electron chi connectivity index (χ0n) is 16.0. The predicted octanol–water partition coefficient (Wildman–Crippen LogP) is 7.23. The highest BCUT2D eigenvalue weighted by Gasteiger charge is 2.17. The van der Waals surface area contributed by atoms with Crippen LogP contribution in [0.4, 0.5) is 0 Å². The standard InChI is InChI=1S/C27H16N2O/c1-2-8-18-14-23-20(13-17(18)7-1)21-16-26-22(19-9-3-4-10-25(19)30-26)15-24(21)29(23)27-11-5-6-12-28-27/h1-16H. The molecule has 0 fully saturated rings. The van der Waals surface area contributed by atoms with Crippen LogP contribution in [0.5, 0.6) is 0 Å².